The van der Waals surface area contributed by atoms with Crippen molar-refractivity contribution in [3.05, 3.63) is 71.2 Å². The number of hydrogen-bond donors (Lipinski definition) is 0. The van der Waals surface area contributed by atoms with Gasteiger partial charge in [0.2, 0.25) is 0 Å². The topological polar surface area (TPSA) is 126 Å². The molecule has 0 atom stereocenters. The predicted molar refractivity (Wildman–Crippen MR) is 141 cm³/mol. The minimum Gasteiger partial charge on any atom is -0.457 e. The summed E-state index contributed by atoms with van der Waals surface area (Å²) < 4.78 is 15.2. The largest absolute Gasteiger partial charge is 0.457 e. The predicted octanol–water partition coefficient (Wildman–Crippen LogP) is 7.65. The van der Waals surface area contributed by atoms with Gasteiger partial charge in [0.25, 0.3) is 0 Å². The van der Waals surface area contributed by atoms with E-state index in [1.807, 2.05) is 42.5 Å². The monoisotopic (exact) mass is 499 g/mol. The van der Waals surface area contributed by atoms with E-state index in [1.54, 1.807) is 23.5 Å². The Morgan fingerprint density at radius 2 is 1.43 bits per heavy atom. The van der Waals surface area contributed by atoms with Crippen LogP contribution in [0.4, 0.5) is 0 Å². The molecular formula is C29H17N5O2S. The van der Waals surface area contributed by atoms with E-state index in [0.29, 0.717) is 23.0 Å². The summed E-state index contributed by atoms with van der Waals surface area (Å²) in [5, 5.41) is 37.1. The molecule has 8 heteroatoms. The van der Waals surface area contributed by atoms with Crippen LogP contribution in [0.3, 0.4) is 0 Å². The van der Waals surface area contributed by atoms with Crippen LogP contribution in [0.1, 0.15) is 24.9 Å². The maximum atomic E-state index is 8.99. The molecule has 7 nitrogen and oxygen atoms in total. The maximum Gasteiger partial charge on any atom is 0.144 e. The second-order valence-electron chi connectivity index (χ2n) is 8.18. The molecule has 0 aliphatic carbocycles. The highest BCUT2D eigenvalue weighted by Gasteiger charge is 2.18. The van der Waals surface area contributed by atoms with E-state index in [9.17, 15) is 0 Å². The standard InChI is InChI=1S/C29H17N5O2S/c1-2-9-34-24-12-20(26-7-4-21(35-26)10-18(14-30)15-31)3-6-23(24)29-25(34)13-28(37-29)27-8-5-22(36-27)11-19(16-32)17-33/h3-8,10-13H,2,9H2,1H3. The highest BCUT2D eigenvalue weighted by Crippen LogP contribution is 2.41. The molecule has 0 saturated heterocycles. The third-order valence-corrected chi connectivity index (χ3v) is 6.99. The van der Waals surface area contributed by atoms with Crippen LogP contribution in [0.2, 0.25) is 0 Å². The Morgan fingerprint density at radius 3 is 2.05 bits per heavy atom. The number of rotatable bonds is 6. The van der Waals surface area contributed by atoms with Gasteiger partial charge in [-0.2, -0.15) is 21.0 Å². The lowest BCUT2D eigenvalue weighted by atomic mass is 10.1. The molecular weight excluding hydrogens is 482 g/mol. The van der Waals surface area contributed by atoms with E-state index in [4.69, 9.17) is 29.9 Å². The summed E-state index contributed by atoms with van der Waals surface area (Å²) in [6.45, 7) is 2.97. The van der Waals surface area contributed by atoms with Crippen molar-refractivity contribution >= 4 is 44.6 Å². The van der Waals surface area contributed by atoms with Gasteiger partial charge in [0.05, 0.1) is 20.6 Å². The fourth-order valence-electron chi connectivity index (χ4n) is 4.20. The van der Waals surface area contributed by atoms with Gasteiger partial charge in [-0.05, 0) is 42.8 Å². The average molecular weight is 500 g/mol. The van der Waals surface area contributed by atoms with Gasteiger partial charge in [-0.1, -0.05) is 19.1 Å². The summed E-state index contributed by atoms with van der Waals surface area (Å²) in [7, 11) is 0. The maximum absolute atomic E-state index is 8.99. The van der Waals surface area contributed by atoms with Crippen LogP contribution in [0, 0.1) is 45.3 Å². The molecule has 5 rings (SSSR count). The van der Waals surface area contributed by atoms with Gasteiger partial charge in [-0.15, -0.1) is 11.3 Å². The van der Waals surface area contributed by atoms with Gasteiger partial charge in [-0.3, -0.25) is 0 Å². The number of fused-ring (bicyclic) bond motifs is 3. The van der Waals surface area contributed by atoms with Crippen molar-refractivity contribution in [1.29, 1.82) is 21.0 Å². The van der Waals surface area contributed by atoms with Crippen LogP contribution < -0.4 is 0 Å². The number of thiophene rings is 1. The normalized spacial score (nSPS) is 10.4. The van der Waals surface area contributed by atoms with Crippen LogP contribution in [-0.2, 0) is 6.54 Å². The Morgan fingerprint density at radius 1 is 0.811 bits per heavy atom. The number of benzene rings is 1. The Kier molecular flexibility index (Phi) is 6.19. The molecule has 0 fully saturated rings. The van der Waals surface area contributed by atoms with E-state index in [2.05, 4.69) is 29.7 Å². The average Bonchev–Trinajstić information content (AvgIpc) is 3.71. The van der Waals surface area contributed by atoms with Gasteiger partial charge in [0.1, 0.15) is 58.5 Å². The van der Waals surface area contributed by atoms with E-state index in [-0.39, 0.29) is 11.1 Å². The van der Waals surface area contributed by atoms with E-state index >= 15 is 0 Å². The lowest BCUT2D eigenvalue weighted by Crippen LogP contribution is -1.95. The molecule has 0 saturated carbocycles. The van der Waals surface area contributed by atoms with Crippen molar-refractivity contribution in [2.24, 2.45) is 0 Å². The van der Waals surface area contributed by atoms with Gasteiger partial charge < -0.3 is 13.4 Å². The summed E-state index contributed by atoms with van der Waals surface area (Å²) in [5.74, 6) is 2.25. The molecule has 0 aliphatic heterocycles. The quantitative estimate of drug-likeness (QED) is 0.221. The molecule has 0 radical (unpaired) electrons. The lowest BCUT2D eigenvalue weighted by molar-refractivity contribution is 0.571. The summed E-state index contributed by atoms with van der Waals surface area (Å²) >= 11 is 1.63. The van der Waals surface area contributed by atoms with E-state index in [0.717, 1.165) is 44.5 Å². The molecule has 4 aromatic heterocycles. The molecule has 0 unspecified atom stereocenters. The highest BCUT2D eigenvalue weighted by atomic mass is 32.1. The molecule has 0 bridgehead atoms. The van der Waals surface area contributed by atoms with Crippen molar-refractivity contribution in [2.75, 3.05) is 0 Å². The lowest BCUT2D eigenvalue weighted by Gasteiger charge is -2.06. The van der Waals surface area contributed by atoms with Crippen molar-refractivity contribution in [1.82, 2.24) is 4.57 Å². The Hall–Kier alpha value is -5.28. The second kappa shape index (κ2) is 9.76. The number of hydrogen-bond acceptors (Lipinski definition) is 7. The molecule has 5 aromatic rings. The highest BCUT2D eigenvalue weighted by molar-refractivity contribution is 7.23. The van der Waals surface area contributed by atoms with Crippen LogP contribution in [0.25, 0.3) is 55.2 Å². The zero-order valence-corrected chi connectivity index (χ0v) is 20.5. The number of aromatic nitrogens is 1. The van der Waals surface area contributed by atoms with E-state index in [1.165, 1.54) is 12.2 Å². The molecule has 4 heterocycles. The molecule has 0 amide bonds. The summed E-state index contributed by atoms with van der Waals surface area (Å²) in [6.07, 6.45) is 3.81. The third-order valence-electron chi connectivity index (χ3n) is 5.82. The number of furan rings is 2. The van der Waals surface area contributed by atoms with Crippen LogP contribution in [0.15, 0.2) is 68.5 Å². The Labute approximate surface area is 216 Å². The Balaban J connectivity index is 1.57. The third kappa shape index (κ3) is 4.30. The molecule has 0 aliphatic rings. The summed E-state index contributed by atoms with van der Waals surface area (Å²) in [4.78, 5) is 0.962. The first kappa shape index (κ1) is 23.5. The fourth-order valence-corrected chi connectivity index (χ4v) is 5.36. The Bertz CT molecular complexity index is 1790. The molecule has 37 heavy (non-hydrogen) atoms. The van der Waals surface area contributed by atoms with Gasteiger partial charge in [0.15, 0.2) is 0 Å². The first-order chi connectivity index (χ1) is 18.1. The summed E-state index contributed by atoms with van der Waals surface area (Å²) in [5.41, 5.74) is 3.07. The van der Waals surface area contributed by atoms with Gasteiger partial charge in [0, 0.05) is 29.6 Å². The first-order valence-electron chi connectivity index (χ1n) is 11.4. The van der Waals surface area contributed by atoms with Crippen molar-refractivity contribution in [3.63, 3.8) is 0 Å². The molecule has 1 aromatic carbocycles. The van der Waals surface area contributed by atoms with Crippen LogP contribution in [-0.4, -0.2) is 4.57 Å². The van der Waals surface area contributed by atoms with Crippen LogP contribution in [0.5, 0.6) is 0 Å². The first-order valence-corrected chi connectivity index (χ1v) is 12.2. The molecule has 176 valence electrons. The molecule has 0 spiro atoms. The number of nitrogens with zero attached hydrogens (tertiary/aromatic N) is 5. The zero-order chi connectivity index (χ0) is 25.9. The van der Waals surface area contributed by atoms with E-state index < -0.39 is 0 Å². The van der Waals surface area contributed by atoms with Gasteiger partial charge in [-0.25, -0.2) is 0 Å². The van der Waals surface area contributed by atoms with Crippen molar-refractivity contribution < 1.29 is 8.83 Å². The fraction of sp³-hybridized carbons (Fsp3) is 0.103. The van der Waals surface area contributed by atoms with Crippen LogP contribution >= 0.6 is 11.3 Å². The number of aryl methyl sites for hydroxylation is 1. The van der Waals surface area contributed by atoms with Crippen molar-refractivity contribution in [2.45, 2.75) is 19.9 Å². The molecule has 0 N–H and O–H groups in total. The summed E-state index contributed by atoms with van der Waals surface area (Å²) in [6, 6.07) is 22.8. The SMILES string of the molecule is CCCn1c2cc(-c3ccc(C=C(C#N)C#N)o3)ccc2c2sc(-c3ccc(C=C(C#N)C#N)o3)cc21. The minimum atomic E-state index is -0.0144. The smallest absolute Gasteiger partial charge is 0.144 e. The zero-order valence-electron chi connectivity index (χ0n) is 19.6. The van der Waals surface area contributed by atoms with Gasteiger partial charge >= 0.3 is 0 Å². The minimum absolute atomic E-state index is 0.0105. The number of allylic oxidation sites excluding steroid dienone is 2. The number of nitriles is 4. The second-order valence-corrected chi connectivity index (χ2v) is 9.23. The van der Waals surface area contributed by atoms with Crippen molar-refractivity contribution in [3.8, 4) is 46.2 Å².